The van der Waals surface area contributed by atoms with Gasteiger partial charge in [0.25, 0.3) is 0 Å². The average Bonchev–Trinajstić information content (AvgIpc) is 2.68. The fourth-order valence-corrected chi connectivity index (χ4v) is 3.93. The van der Waals surface area contributed by atoms with Gasteiger partial charge in [-0.05, 0) is 38.5 Å². The average molecular weight is 295 g/mol. The molecule has 6 heteroatoms. The van der Waals surface area contributed by atoms with Crippen molar-refractivity contribution in [2.75, 3.05) is 18.4 Å². The molecular weight excluding hydrogens is 274 g/mol. The molecule has 2 N–H and O–H groups in total. The number of hydrogen-bond donors (Lipinski definition) is 2. The molecule has 5 nitrogen and oxygen atoms in total. The van der Waals surface area contributed by atoms with Crippen LogP contribution in [0.4, 0.5) is 9.93 Å². The second-order valence-electron chi connectivity index (χ2n) is 5.62. The number of likely N-dealkylation sites (tertiary alicyclic amines) is 1. The third-order valence-corrected chi connectivity index (χ3v) is 5.07. The Morgan fingerprint density at radius 1 is 1.30 bits per heavy atom. The highest BCUT2D eigenvalue weighted by atomic mass is 32.1. The summed E-state index contributed by atoms with van der Waals surface area (Å²) >= 11 is 1.61. The predicted octanol–water partition coefficient (Wildman–Crippen LogP) is 2.40. The Bertz CT molecular complexity index is 465. The summed E-state index contributed by atoms with van der Waals surface area (Å²) in [5.41, 5.74) is 1.17. The highest BCUT2D eigenvalue weighted by Gasteiger charge is 2.23. The van der Waals surface area contributed by atoms with Gasteiger partial charge in [0, 0.05) is 18.0 Å². The lowest BCUT2D eigenvalue weighted by atomic mass is 10.1. The van der Waals surface area contributed by atoms with Gasteiger partial charge in [-0.1, -0.05) is 6.42 Å². The van der Waals surface area contributed by atoms with E-state index in [0.29, 0.717) is 18.2 Å². The van der Waals surface area contributed by atoms with E-state index in [-0.39, 0.29) is 12.1 Å². The van der Waals surface area contributed by atoms with Gasteiger partial charge >= 0.3 is 6.03 Å². The van der Waals surface area contributed by atoms with Crippen molar-refractivity contribution < 1.29 is 9.90 Å². The van der Waals surface area contributed by atoms with Crippen LogP contribution >= 0.6 is 11.3 Å². The number of anilines is 1. The van der Waals surface area contributed by atoms with Crippen LogP contribution in [0.2, 0.25) is 0 Å². The van der Waals surface area contributed by atoms with Gasteiger partial charge in [-0.15, -0.1) is 11.3 Å². The van der Waals surface area contributed by atoms with Gasteiger partial charge in [-0.3, -0.25) is 5.32 Å². The molecule has 20 heavy (non-hydrogen) atoms. The minimum Gasteiger partial charge on any atom is -0.391 e. The Morgan fingerprint density at radius 2 is 2.15 bits per heavy atom. The molecule has 1 fully saturated rings. The maximum Gasteiger partial charge on any atom is 0.323 e. The molecule has 2 aliphatic rings. The van der Waals surface area contributed by atoms with Crippen LogP contribution in [0.5, 0.6) is 0 Å². The number of nitrogens with one attached hydrogen (secondary N) is 1. The topological polar surface area (TPSA) is 65.5 Å². The summed E-state index contributed by atoms with van der Waals surface area (Å²) < 4.78 is 0. The number of fused-ring (bicyclic) bond motifs is 1. The summed E-state index contributed by atoms with van der Waals surface area (Å²) in [6, 6.07) is -0.132. The van der Waals surface area contributed by atoms with E-state index in [9.17, 15) is 9.90 Å². The summed E-state index contributed by atoms with van der Waals surface area (Å²) in [5.74, 6) is 0. The first-order chi connectivity index (χ1) is 9.72. The highest BCUT2D eigenvalue weighted by Crippen LogP contribution is 2.29. The molecule has 0 bridgehead atoms. The van der Waals surface area contributed by atoms with Crippen molar-refractivity contribution in [3.05, 3.63) is 10.6 Å². The zero-order chi connectivity index (χ0) is 13.9. The lowest BCUT2D eigenvalue weighted by Crippen LogP contribution is -2.44. The van der Waals surface area contributed by atoms with Gasteiger partial charge in [0.15, 0.2) is 5.13 Å². The molecular formula is C14H21N3O2S. The fraction of sp³-hybridized carbons (Fsp3) is 0.714. The Kier molecular flexibility index (Phi) is 4.21. The van der Waals surface area contributed by atoms with E-state index in [0.717, 1.165) is 25.7 Å². The van der Waals surface area contributed by atoms with Crippen LogP contribution in [0.25, 0.3) is 0 Å². The number of urea groups is 1. The summed E-state index contributed by atoms with van der Waals surface area (Å²) in [7, 11) is 0. The number of β-amino-alcohol motifs (C(OH)–C–C–N with tert-alkyl or cyclic N) is 1. The van der Waals surface area contributed by atoms with Crippen LogP contribution in [0, 0.1) is 0 Å². The van der Waals surface area contributed by atoms with Crippen molar-refractivity contribution in [1.82, 2.24) is 9.88 Å². The lowest BCUT2D eigenvalue weighted by molar-refractivity contribution is 0.0883. The standard InChI is InChI=1S/C14H21N3O2S/c18-10-5-4-8-17(9-10)14(19)16-13-15-11-6-2-1-3-7-12(11)20-13/h10,18H,1-9H2,(H,15,16,19)/t10-/m1/s1. The molecule has 0 aromatic carbocycles. The number of piperidine rings is 1. The molecule has 1 saturated heterocycles. The highest BCUT2D eigenvalue weighted by molar-refractivity contribution is 7.15. The van der Waals surface area contributed by atoms with Crippen LogP contribution in [0.1, 0.15) is 42.7 Å². The van der Waals surface area contributed by atoms with Gasteiger partial charge in [0.05, 0.1) is 11.8 Å². The van der Waals surface area contributed by atoms with Crippen molar-refractivity contribution in [3.8, 4) is 0 Å². The lowest BCUT2D eigenvalue weighted by Gasteiger charge is -2.29. The summed E-state index contributed by atoms with van der Waals surface area (Å²) in [6.07, 6.45) is 7.08. The van der Waals surface area contributed by atoms with E-state index in [4.69, 9.17) is 0 Å². The van der Waals surface area contributed by atoms with E-state index in [2.05, 4.69) is 10.3 Å². The van der Waals surface area contributed by atoms with E-state index < -0.39 is 0 Å². The van der Waals surface area contributed by atoms with Crippen LogP contribution in [-0.4, -0.2) is 40.2 Å². The zero-order valence-electron chi connectivity index (χ0n) is 11.6. The molecule has 2 amide bonds. The molecule has 1 aromatic heterocycles. The maximum absolute atomic E-state index is 12.2. The third-order valence-electron chi connectivity index (χ3n) is 3.99. The quantitative estimate of drug-likeness (QED) is 0.782. The Balaban J connectivity index is 1.64. The van der Waals surface area contributed by atoms with E-state index in [1.165, 1.54) is 29.8 Å². The van der Waals surface area contributed by atoms with Gasteiger partial charge < -0.3 is 10.0 Å². The number of rotatable bonds is 1. The summed E-state index contributed by atoms with van der Waals surface area (Å²) in [4.78, 5) is 19.7. The fourth-order valence-electron chi connectivity index (χ4n) is 2.89. The molecule has 0 spiro atoms. The molecule has 1 aromatic rings. The van der Waals surface area contributed by atoms with E-state index in [1.54, 1.807) is 16.2 Å². The summed E-state index contributed by atoms with van der Waals surface area (Å²) in [5, 5.41) is 13.2. The monoisotopic (exact) mass is 295 g/mol. The summed E-state index contributed by atoms with van der Waals surface area (Å²) in [6.45, 7) is 1.14. The van der Waals surface area contributed by atoms with Crippen molar-refractivity contribution in [2.24, 2.45) is 0 Å². The van der Waals surface area contributed by atoms with Crippen LogP contribution in [0.15, 0.2) is 0 Å². The van der Waals surface area contributed by atoms with Gasteiger partial charge in [0.2, 0.25) is 0 Å². The van der Waals surface area contributed by atoms with E-state index in [1.807, 2.05) is 0 Å². The minimum atomic E-state index is -0.387. The first-order valence-corrected chi connectivity index (χ1v) is 8.26. The van der Waals surface area contributed by atoms with E-state index >= 15 is 0 Å². The number of amides is 2. The maximum atomic E-state index is 12.2. The number of hydrogen-bond acceptors (Lipinski definition) is 4. The second-order valence-corrected chi connectivity index (χ2v) is 6.71. The smallest absolute Gasteiger partial charge is 0.323 e. The van der Waals surface area contributed by atoms with Gasteiger partial charge in [0.1, 0.15) is 0 Å². The molecule has 1 aliphatic carbocycles. The molecule has 110 valence electrons. The normalized spacial score (nSPS) is 23.1. The third kappa shape index (κ3) is 3.12. The molecule has 0 saturated carbocycles. The number of aromatic nitrogens is 1. The zero-order valence-corrected chi connectivity index (χ0v) is 12.4. The first-order valence-electron chi connectivity index (χ1n) is 7.45. The first kappa shape index (κ1) is 13.8. The molecule has 0 radical (unpaired) electrons. The molecule has 2 heterocycles. The molecule has 0 unspecified atom stereocenters. The minimum absolute atomic E-state index is 0.132. The Hall–Kier alpha value is -1.14. The van der Waals surface area contributed by atoms with Crippen molar-refractivity contribution in [1.29, 1.82) is 0 Å². The Morgan fingerprint density at radius 3 is 3.00 bits per heavy atom. The van der Waals surface area contributed by atoms with Crippen LogP contribution in [0.3, 0.4) is 0 Å². The molecule has 1 atom stereocenters. The number of thiazole rings is 1. The molecule has 3 rings (SSSR count). The number of aliphatic hydroxyl groups is 1. The predicted molar refractivity (Wildman–Crippen MR) is 79.2 cm³/mol. The van der Waals surface area contributed by atoms with Crippen LogP contribution in [-0.2, 0) is 12.8 Å². The number of carbonyl (C=O) groups excluding carboxylic acids is 1. The van der Waals surface area contributed by atoms with Crippen molar-refractivity contribution >= 4 is 22.5 Å². The number of aryl methyl sites for hydroxylation is 2. The number of aliphatic hydroxyl groups excluding tert-OH is 1. The van der Waals surface area contributed by atoms with Gasteiger partial charge in [-0.25, -0.2) is 9.78 Å². The largest absolute Gasteiger partial charge is 0.391 e. The van der Waals surface area contributed by atoms with Crippen LogP contribution < -0.4 is 5.32 Å². The number of carbonyl (C=O) groups is 1. The van der Waals surface area contributed by atoms with Crippen molar-refractivity contribution in [2.45, 2.75) is 51.0 Å². The van der Waals surface area contributed by atoms with Gasteiger partial charge in [-0.2, -0.15) is 0 Å². The second kappa shape index (κ2) is 6.10. The SMILES string of the molecule is O=C(Nc1nc2c(s1)CCCCC2)N1CCC[C@@H](O)C1. The Labute approximate surface area is 123 Å². The van der Waals surface area contributed by atoms with Crippen molar-refractivity contribution in [3.63, 3.8) is 0 Å². The number of nitrogens with zero attached hydrogens (tertiary/aromatic N) is 2. The molecule has 1 aliphatic heterocycles.